The topological polar surface area (TPSA) is 0 Å². The largest absolute Gasteiger partial charge is 2.00 e. The third kappa shape index (κ3) is 7.25. The smallest absolute Gasteiger partial charge is 1.00 e. The van der Waals surface area contributed by atoms with Crippen molar-refractivity contribution in [2.24, 2.45) is 5.92 Å². The third-order valence-corrected chi connectivity index (χ3v) is 2.07. The molecule has 0 heterocycles. The Kier molecular flexibility index (Phi) is 11.5. The van der Waals surface area contributed by atoms with Gasteiger partial charge in [0.05, 0.1) is 0 Å². The molecule has 0 aliphatic heterocycles. The summed E-state index contributed by atoms with van der Waals surface area (Å²) in [4.78, 5) is 0. The van der Waals surface area contributed by atoms with Gasteiger partial charge in [-0.2, -0.15) is 0 Å². The average molecular weight is 177 g/mol. The van der Waals surface area contributed by atoms with Crippen molar-refractivity contribution >= 4 is 39.0 Å². The molecule has 0 saturated heterocycles. The minimum Gasteiger partial charge on any atom is -1.00 e. The Bertz CT molecular complexity index is 34.1. The van der Waals surface area contributed by atoms with Gasteiger partial charge in [-0.1, -0.05) is 36.2 Å². The van der Waals surface area contributed by atoms with E-state index >= 15 is 0 Å². The van der Waals surface area contributed by atoms with Crippen LogP contribution in [0.3, 0.4) is 0 Å². The first-order valence-electron chi connectivity index (χ1n) is 2.37. The van der Waals surface area contributed by atoms with E-state index in [0.29, 0.717) is 0 Å². The summed E-state index contributed by atoms with van der Waals surface area (Å²) in [6.45, 7) is 4.43. The molecule has 0 amide bonds. The van der Waals surface area contributed by atoms with Crippen LogP contribution >= 0.6 is 15.9 Å². The minimum atomic E-state index is 0. The maximum Gasteiger partial charge on any atom is 2.00 e. The van der Waals surface area contributed by atoms with Crippen LogP contribution < -0.4 is 0 Å². The van der Waals surface area contributed by atoms with Crippen LogP contribution in [0.5, 0.6) is 0 Å². The van der Waals surface area contributed by atoms with Crippen molar-refractivity contribution in [1.29, 1.82) is 0 Å². The molecular weight excluding hydrogens is 164 g/mol. The summed E-state index contributed by atoms with van der Waals surface area (Å²) in [7, 11) is 0. The van der Waals surface area contributed by atoms with E-state index in [1.165, 1.54) is 6.42 Å². The molecule has 0 aromatic carbocycles. The molecule has 0 bridgehead atoms. The first kappa shape index (κ1) is 11.1. The maximum absolute atomic E-state index is 3.37. The Balaban J connectivity index is -0.0000000417. The van der Waals surface area contributed by atoms with Gasteiger partial charge in [0.15, 0.2) is 0 Å². The Morgan fingerprint density at radius 1 is 1.71 bits per heavy atom. The summed E-state index contributed by atoms with van der Waals surface area (Å²) in [6, 6.07) is 0. The van der Waals surface area contributed by atoms with Gasteiger partial charge in [-0.25, -0.2) is 0 Å². The molecule has 0 N–H and O–H groups in total. The van der Waals surface area contributed by atoms with Gasteiger partial charge in [0.1, 0.15) is 0 Å². The van der Waals surface area contributed by atoms with E-state index in [1.807, 2.05) is 0 Å². The van der Waals surface area contributed by atoms with Crippen molar-refractivity contribution in [2.75, 3.05) is 5.33 Å². The van der Waals surface area contributed by atoms with E-state index in [9.17, 15) is 0 Å². The number of hydrogen-bond donors (Lipinski definition) is 0. The van der Waals surface area contributed by atoms with Gasteiger partial charge in [-0.15, -0.1) is 0 Å². The SMILES string of the molecule is CCC(C)CBr.[H-].[H-].[Mg+2]. The first-order chi connectivity index (χ1) is 2.81. The fourth-order valence-corrected chi connectivity index (χ4v) is 0.567. The summed E-state index contributed by atoms with van der Waals surface area (Å²) in [5.74, 6) is 0.852. The molecule has 1 atom stereocenters. The van der Waals surface area contributed by atoms with Gasteiger partial charge in [0.25, 0.3) is 0 Å². The third-order valence-electron chi connectivity index (χ3n) is 0.960. The van der Waals surface area contributed by atoms with Crippen molar-refractivity contribution in [3.8, 4) is 0 Å². The molecule has 0 spiro atoms. The van der Waals surface area contributed by atoms with Gasteiger partial charge < -0.3 is 2.85 Å². The normalized spacial score (nSPS) is 12.4. The Hall–Kier alpha value is 1.25. The molecule has 42 valence electrons. The maximum atomic E-state index is 3.37. The van der Waals surface area contributed by atoms with E-state index in [4.69, 9.17) is 0 Å². The number of rotatable bonds is 2. The number of halogens is 1. The predicted octanol–water partition coefficient (Wildman–Crippen LogP) is 2.27. The predicted molar refractivity (Wildman–Crippen MR) is 41.2 cm³/mol. The molecule has 1 unspecified atom stereocenters. The molecular formula is C5H13BrMg. The molecule has 0 aliphatic carbocycles. The van der Waals surface area contributed by atoms with E-state index in [0.717, 1.165) is 11.2 Å². The first-order valence-corrected chi connectivity index (χ1v) is 3.49. The monoisotopic (exact) mass is 176 g/mol. The zero-order chi connectivity index (χ0) is 4.99. The molecule has 0 aromatic heterocycles. The van der Waals surface area contributed by atoms with Gasteiger partial charge in [0.2, 0.25) is 0 Å². The van der Waals surface area contributed by atoms with Gasteiger partial charge in [-0.05, 0) is 5.92 Å². The van der Waals surface area contributed by atoms with Crippen LogP contribution in [-0.2, 0) is 0 Å². The van der Waals surface area contributed by atoms with Crippen molar-refractivity contribution < 1.29 is 2.85 Å². The van der Waals surface area contributed by atoms with Gasteiger partial charge >= 0.3 is 23.1 Å². The van der Waals surface area contributed by atoms with Crippen LogP contribution in [-0.4, -0.2) is 28.4 Å². The number of alkyl halides is 1. The van der Waals surface area contributed by atoms with Crippen molar-refractivity contribution in [3.05, 3.63) is 0 Å². The number of hydrogen-bond acceptors (Lipinski definition) is 0. The standard InChI is InChI=1S/C5H11Br.Mg.2H/c1-3-5(2)4-6;;;/h5H,3-4H2,1-2H3;;;/q;+2;2*-1. The minimum absolute atomic E-state index is 0. The summed E-state index contributed by atoms with van der Waals surface area (Å²) in [6.07, 6.45) is 1.28. The molecule has 2 heteroatoms. The van der Waals surface area contributed by atoms with Crippen molar-refractivity contribution in [1.82, 2.24) is 0 Å². The van der Waals surface area contributed by atoms with Crippen LogP contribution in [0.4, 0.5) is 0 Å². The van der Waals surface area contributed by atoms with Crippen molar-refractivity contribution in [3.63, 3.8) is 0 Å². The molecule has 7 heavy (non-hydrogen) atoms. The van der Waals surface area contributed by atoms with Crippen LogP contribution in [0.1, 0.15) is 23.1 Å². The van der Waals surface area contributed by atoms with Crippen LogP contribution in [0.25, 0.3) is 0 Å². The Morgan fingerprint density at radius 3 is 2.14 bits per heavy atom. The van der Waals surface area contributed by atoms with Gasteiger partial charge in [-0.3, -0.25) is 0 Å². The van der Waals surface area contributed by atoms with E-state index in [2.05, 4.69) is 29.8 Å². The molecule has 0 nitrogen and oxygen atoms in total. The summed E-state index contributed by atoms with van der Waals surface area (Å²) < 4.78 is 0. The van der Waals surface area contributed by atoms with Crippen molar-refractivity contribution in [2.45, 2.75) is 20.3 Å². The second kappa shape index (κ2) is 7.25. The van der Waals surface area contributed by atoms with E-state index < -0.39 is 0 Å². The molecule has 0 radical (unpaired) electrons. The quantitative estimate of drug-likeness (QED) is 0.448. The fourth-order valence-electron chi connectivity index (χ4n) is 0.109. The summed E-state index contributed by atoms with van der Waals surface area (Å²) in [5, 5.41) is 1.14. The van der Waals surface area contributed by atoms with E-state index in [-0.39, 0.29) is 25.9 Å². The Labute approximate surface area is 73.3 Å². The zero-order valence-electron chi connectivity index (χ0n) is 7.08. The Morgan fingerprint density at radius 2 is 2.14 bits per heavy atom. The zero-order valence-corrected chi connectivity index (χ0v) is 8.08. The fraction of sp³-hybridized carbons (Fsp3) is 1.00. The van der Waals surface area contributed by atoms with E-state index in [1.54, 1.807) is 0 Å². The van der Waals surface area contributed by atoms with Gasteiger partial charge in [0, 0.05) is 5.33 Å². The van der Waals surface area contributed by atoms with Crippen LogP contribution in [0, 0.1) is 5.92 Å². The second-order valence-electron chi connectivity index (χ2n) is 1.67. The molecule has 0 aromatic rings. The molecule has 0 rings (SSSR count). The molecule has 0 fully saturated rings. The van der Waals surface area contributed by atoms with Crippen LogP contribution in [0.15, 0.2) is 0 Å². The summed E-state index contributed by atoms with van der Waals surface area (Å²) >= 11 is 3.37. The molecule has 0 saturated carbocycles. The average Bonchev–Trinajstić information content (AvgIpc) is 1.65. The second-order valence-corrected chi connectivity index (χ2v) is 2.32. The van der Waals surface area contributed by atoms with Crippen LogP contribution in [0.2, 0.25) is 0 Å². The molecule has 0 aliphatic rings. The summed E-state index contributed by atoms with van der Waals surface area (Å²) in [5.41, 5.74) is 0.